The molecule has 0 fully saturated rings. The van der Waals surface area contributed by atoms with E-state index in [-0.39, 0.29) is 0 Å². The van der Waals surface area contributed by atoms with Crippen LogP contribution in [0.5, 0.6) is 5.75 Å². The van der Waals surface area contributed by atoms with E-state index in [0.29, 0.717) is 16.6 Å². The van der Waals surface area contributed by atoms with Crippen molar-refractivity contribution in [1.82, 2.24) is 0 Å². The SMILES string of the molecule is CCCCCCOc1ccccc1CNc1cccc(Cl)c1Cl. The van der Waals surface area contributed by atoms with E-state index >= 15 is 0 Å². The Kier molecular flexibility index (Phi) is 7.57. The topological polar surface area (TPSA) is 21.3 Å². The van der Waals surface area contributed by atoms with E-state index in [0.717, 1.165) is 30.0 Å². The van der Waals surface area contributed by atoms with Crippen molar-refractivity contribution >= 4 is 28.9 Å². The maximum Gasteiger partial charge on any atom is 0.124 e. The van der Waals surface area contributed by atoms with Crippen LogP contribution < -0.4 is 10.1 Å². The molecule has 0 aromatic heterocycles. The van der Waals surface area contributed by atoms with Gasteiger partial charge in [0, 0.05) is 12.1 Å². The first kappa shape index (κ1) is 18.0. The Morgan fingerprint density at radius 2 is 1.78 bits per heavy atom. The zero-order valence-corrected chi connectivity index (χ0v) is 15.0. The van der Waals surface area contributed by atoms with Gasteiger partial charge in [0.1, 0.15) is 5.75 Å². The molecule has 2 aromatic carbocycles. The summed E-state index contributed by atoms with van der Waals surface area (Å²) in [6, 6.07) is 13.7. The number of halogens is 2. The van der Waals surface area contributed by atoms with Gasteiger partial charge in [-0.1, -0.05) is 73.7 Å². The van der Waals surface area contributed by atoms with Crippen molar-refractivity contribution in [3.8, 4) is 5.75 Å². The molecule has 0 atom stereocenters. The number of anilines is 1. The summed E-state index contributed by atoms with van der Waals surface area (Å²) in [5, 5.41) is 4.43. The Balaban J connectivity index is 1.93. The van der Waals surface area contributed by atoms with E-state index in [9.17, 15) is 0 Å². The second-order valence-corrected chi connectivity index (χ2v) is 6.26. The lowest BCUT2D eigenvalue weighted by Crippen LogP contribution is -2.05. The molecule has 0 aliphatic rings. The lowest BCUT2D eigenvalue weighted by molar-refractivity contribution is 0.302. The predicted molar refractivity (Wildman–Crippen MR) is 99.9 cm³/mol. The van der Waals surface area contributed by atoms with Gasteiger partial charge in [-0.15, -0.1) is 0 Å². The number of unbranched alkanes of at least 4 members (excludes halogenated alkanes) is 3. The van der Waals surface area contributed by atoms with Crippen LogP contribution in [0.3, 0.4) is 0 Å². The Bertz CT molecular complexity index is 616. The number of ether oxygens (including phenoxy) is 1. The Labute approximate surface area is 148 Å². The van der Waals surface area contributed by atoms with Crippen LogP contribution in [-0.2, 0) is 6.54 Å². The molecule has 0 aliphatic carbocycles. The fraction of sp³-hybridized carbons (Fsp3) is 0.368. The molecule has 0 radical (unpaired) electrons. The largest absolute Gasteiger partial charge is 0.493 e. The minimum atomic E-state index is 0.548. The van der Waals surface area contributed by atoms with Crippen LogP contribution in [0.1, 0.15) is 38.2 Å². The highest BCUT2D eigenvalue weighted by Crippen LogP contribution is 2.30. The molecule has 0 amide bonds. The average Bonchev–Trinajstić information content (AvgIpc) is 2.57. The number of para-hydroxylation sites is 1. The molecule has 2 rings (SSSR count). The van der Waals surface area contributed by atoms with Crippen LogP contribution in [0.4, 0.5) is 5.69 Å². The van der Waals surface area contributed by atoms with Gasteiger partial charge in [0.25, 0.3) is 0 Å². The third-order valence-corrected chi connectivity index (χ3v) is 4.47. The Hall–Kier alpha value is -1.38. The lowest BCUT2D eigenvalue weighted by atomic mass is 10.2. The summed E-state index contributed by atoms with van der Waals surface area (Å²) in [6.45, 7) is 3.61. The Morgan fingerprint density at radius 1 is 0.957 bits per heavy atom. The quantitative estimate of drug-likeness (QED) is 0.516. The summed E-state index contributed by atoms with van der Waals surface area (Å²) in [4.78, 5) is 0. The second-order valence-electron chi connectivity index (χ2n) is 5.47. The molecular formula is C19H23Cl2NO. The minimum Gasteiger partial charge on any atom is -0.493 e. The summed E-state index contributed by atoms with van der Waals surface area (Å²) >= 11 is 12.2. The van der Waals surface area contributed by atoms with E-state index < -0.39 is 0 Å². The fourth-order valence-corrected chi connectivity index (χ4v) is 2.70. The van der Waals surface area contributed by atoms with Gasteiger partial charge in [-0.3, -0.25) is 0 Å². The normalized spacial score (nSPS) is 10.6. The third-order valence-electron chi connectivity index (χ3n) is 3.65. The number of hydrogen-bond acceptors (Lipinski definition) is 2. The second kappa shape index (κ2) is 9.69. The number of nitrogens with one attached hydrogen (secondary N) is 1. The van der Waals surface area contributed by atoms with Gasteiger partial charge in [0.2, 0.25) is 0 Å². The van der Waals surface area contributed by atoms with Gasteiger partial charge in [-0.05, 0) is 24.6 Å². The maximum absolute atomic E-state index is 6.21. The van der Waals surface area contributed by atoms with Gasteiger partial charge in [0.05, 0.1) is 22.3 Å². The zero-order chi connectivity index (χ0) is 16.5. The van der Waals surface area contributed by atoms with Crippen LogP contribution in [0.15, 0.2) is 42.5 Å². The first-order chi connectivity index (χ1) is 11.2. The number of hydrogen-bond donors (Lipinski definition) is 1. The molecule has 4 heteroatoms. The van der Waals surface area contributed by atoms with E-state index in [1.807, 2.05) is 30.3 Å². The minimum absolute atomic E-state index is 0.548. The van der Waals surface area contributed by atoms with E-state index in [2.05, 4.69) is 18.3 Å². The van der Waals surface area contributed by atoms with Crippen molar-refractivity contribution < 1.29 is 4.74 Å². The van der Waals surface area contributed by atoms with Gasteiger partial charge in [-0.25, -0.2) is 0 Å². The van der Waals surface area contributed by atoms with Gasteiger partial charge in [0.15, 0.2) is 0 Å². The van der Waals surface area contributed by atoms with Gasteiger partial charge in [-0.2, -0.15) is 0 Å². The summed E-state index contributed by atoms with van der Waals surface area (Å²) in [5.41, 5.74) is 1.94. The first-order valence-corrected chi connectivity index (χ1v) is 8.86. The van der Waals surface area contributed by atoms with Gasteiger partial charge < -0.3 is 10.1 Å². The molecule has 2 nitrogen and oxygen atoms in total. The van der Waals surface area contributed by atoms with E-state index in [1.165, 1.54) is 19.3 Å². The van der Waals surface area contributed by atoms with Crippen molar-refractivity contribution in [2.75, 3.05) is 11.9 Å². The van der Waals surface area contributed by atoms with E-state index in [1.54, 1.807) is 6.07 Å². The van der Waals surface area contributed by atoms with Crippen LogP contribution >= 0.6 is 23.2 Å². The predicted octanol–water partition coefficient (Wildman–Crippen LogP) is 6.56. The molecule has 23 heavy (non-hydrogen) atoms. The fourth-order valence-electron chi connectivity index (χ4n) is 2.33. The van der Waals surface area contributed by atoms with Gasteiger partial charge >= 0.3 is 0 Å². The molecule has 0 bridgehead atoms. The van der Waals surface area contributed by atoms with Crippen molar-refractivity contribution in [1.29, 1.82) is 0 Å². The van der Waals surface area contributed by atoms with Crippen molar-refractivity contribution in [3.63, 3.8) is 0 Å². The number of rotatable bonds is 9. The molecule has 0 aliphatic heterocycles. The molecule has 0 saturated carbocycles. The van der Waals surface area contributed by atoms with Crippen molar-refractivity contribution in [3.05, 3.63) is 58.1 Å². The molecule has 2 aromatic rings. The summed E-state index contributed by atoms with van der Waals surface area (Å²) in [7, 11) is 0. The van der Waals surface area contributed by atoms with Crippen LogP contribution in [0, 0.1) is 0 Å². The van der Waals surface area contributed by atoms with Crippen LogP contribution in [0.25, 0.3) is 0 Å². The molecule has 124 valence electrons. The standard InChI is InChI=1S/C19H23Cl2NO/c1-2-3-4-7-13-23-18-12-6-5-9-15(18)14-22-17-11-8-10-16(20)19(17)21/h5-6,8-12,22H,2-4,7,13-14H2,1H3. The smallest absolute Gasteiger partial charge is 0.124 e. The molecular weight excluding hydrogens is 329 g/mol. The highest BCUT2D eigenvalue weighted by Gasteiger charge is 2.06. The summed E-state index contributed by atoms with van der Waals surface area (Å²) in [5.74, 6) is 0.926. The zero-order valence-electron chi connectivity index (χ0n) is 13.4. The van der Waals surface area contributed by atoms with Crippen molar-refractivity contribution in [2.24, 2.45) is 0 Å². The van der Waals surface area contributed by atoms with E-state index in [4.69, 9.17) is 27.9 Å². The molecule has 0 saturated heterocycles. The molecule has 0 unspecified atom stereocenters. The Morgan fingerprint density at radius 3 is 2.61 bits per heavy atom. The van der Waals surface area contributed by atoms with Crippen LogP contribution in [-0.4, -0.2) is 6.61 Å². The number of benzene rings is 2. The lowest BCUT2D eigenvalue weighted by Gasteiger charge is -2.14. The average molecular weight is 352 g/mol. The molecule has 1 N–H and O–H groups in total. The highest BCUT2D eigenvalue weighted by molar-refractivity contribution is 6.43. The maximum atomic E-state index is 6.21. The highest BCUT2D eigenvalue weighted by atomic mass is 35.5. The summed E-state index contributed by atoms with van der Waals surface area (Å²) < 4.78 is 5.93. The first-order valence-electron chi connectivity index (χ1n) is 8.11. The molecule has 0 heterocycles. The third kappa shape index (κ3) is 5.63. The monoisotopic (exact) mass is 351 g/mol. The molecule has 0 spiro atoms. The summed E-state index contributed by atoms with van der Waals surface area (Å²) in [6.07, 6.45) is 4.81. The van der Waals surface area contributed by atoms with Crippen molar-refractivity contribution in [2.45, 2.75) is 39.2 Å². The van der Waals surface area contributed by atoms with Crippen LogP contribution in [0.2, 0.25) is 10.0 Å².